The van der Waals surface area contributed by atoms with Gasteiger partial charge in [0.25, 0.3) is 0 Å². The highest BCUT2D eigenvalue weighted by Crippen LogP contribution is 2.17. The van der Waals surface area contributed by atoms with Gasteiger partial charge in [-0.2, -0.15) is 0 Å². The lowest BCUT2D eigenvalue weighted by molar-refractivity contribution is -0.167. The molecule has 0 fully saturated rings. The quantitative estimate of drug-likeness (QED) is 0.0261. The van der Waals surface area contributed by atoms with Crippen LogP contribution in [-0.4, -0.2) is 37.2 Å². The number of carbonyl (C=O) groups excluding carboxylic acids is 3. The van der Waals surface area contributed by atoms with E-state index < -0.39 is 6.10 Å². The molecule has 0 spiro atoms. The number of allylic oxidation sites excluding steroid dienone is 6. The molecular formula is C65H120O6. The van der Waals surface area contributed by atoms with E-state index in [1.807, 2.05) is 0 Å². The molecule has 0 aliphatic carbocycles. The van der Waals surface area contributed by atoms with Crippen LogP contribution in [0.1, 0.15) is 342 Å². The third-order valence-corrected chi connectivity index (χ3v) is 14.1. The molecule has 0 saturated carbocycles. The maximum Gasteiger partial charge on any atom is 0.306 e. The molecule has 0 radical (unpaired) electrons. The Morgan fingerprint density at radius 1 is 0.282 bits per heavy atom. The van der Waals surface area contributed by atoms with Crippen molar-refractivity contribution in [2.24, 2.45) is 0 Å². The topological polar surface area (TPSA) is 78.9 Å². The fraction of sp³-hybridized carbons (Fsp3) is 0.862. The Hall–Kier alpha value is -2.37. The first-order chi connectivity index (χ1) is 35.0. The molecule has 71 heavy (non-hydrogen) atoms. The monoisotopic (exact) mass is 997 g/mol. The molecule has 0 aromatic carbocycles. The van der Waals surface area contributed by atoms with E-state index in [1.54, 1.807) is 0 Å². The number of carbonyl (C=O) groups is 3. The fourth-order valence-electron chi connectivity index (χ4n) is 9.35. The molecule has 0 aromatic heterocycles. The van der Waals surface area contributed by atoms with Gasteiger partial charge in [0.05, 0.1) is 0 Å². The molecule has 0 aromatic rings. The zero-order chi connectivity index (χ0) is 51.4. The molecule has 0 saturated heterocycles. The second-order valence-electron chi connectivity index (χ2n) is 21.3. The van der Waals surface area contributed by atoms with Gasteiger partial charge in [-0.3, -0.25) is 14.4 Å². The number of unbranched alkanes of at least 4 members (excludes halogenated alkanes) is 41. The Labute approximate surface area is 442 Å². The van der Waals surface area contributed by atoms with Crippen LogP contribution in [-0.2, 0) is 28.6 Å². The maximum atomic E-state index is 12.9. The summed E-state index contributed by atoms with van der Waals surface area (Å²) in [7, 11) is 0. The van der Waals surface area contributed by atoms with E-state index in [-0.39, 0.29) is 31.1 Å². The summed E-state index contributed by atoms with van der Waals surface area (Å²) in [6, 6.07) is 0. The van der Waals surface area contributed by atoms with Gasteiger partial charge in [0.15, 0.2) is 6.10 Å². The Morgan fingerprint density at radius 3 is 0.831 bits per heavy atom. The second kappa shape index (κ2) is 60.2. The van der Waals surface area contributed by atoms with Crippen molar-refractivity contribution in [2.45, 2.75) is 348 Å². The first-order valence-electron chi connectivity index (χ1n) is 31.5. The van der Waals surface area contributed by atoms with Crippen molar-refractivity contribution in [3.05, 3.63) is 36.5 Å². The van der Waals surface area contributed by atoms with Gasteiger partial charge < -0.3 is 14.2 Å². The van der Waals surface area contributed by atoms with E-state index in [0.29, 0.717) is 19.3 Å². The summed E-state index contributed by atoms with van der Waals surface area (Å²) in [5.41, 5.74) is 0. The summed E-state index contributed by atoms with van der Waals surface area (Å²) in [6.45, 7) is 6.65. The molecule has 6 heteroatoms. The first-order valence-corrected chi connectivity index (χ1v) is 31.5. The van der Waals surface area contributed by atoms with E-state index >= 15 is 0 Å². The van der Waals surface area contributed by atoms with Gasteiger partial charge in [0, 0.05) is 19.3 Å². The Morgan fingerprint density at radius 2 is 0.507 bits per heavy atom. The molecule has 0 heterocycles. The van der Waals surface area contributed by atoms with E-state index in [1.165, 1.54) is 231 Å². The minimum atomic E-state index is -0.775. The smallest absolute Gasteiger partial charge is 0.306 e. The predicted molar refractivity (Wildman–Crippen MR) is 307 cm³/mol. The van der Waals surface area contributed by atoms with Crippen LogP contribution in [0.4, 0.5) is 0 Å². The van der Waals surface area contributed by atoms with Gasteiger partial charge in [-0.05, 0) is 77.0 Å². The van der Waals surface area contributed by atoms with Crippen LogP contribution >= 0.6 is 0 Å². The minimum Gasteiger partial charge on any atom is -0.462 e. The third-order valence-electron chi connectivity index (χ3n) is 14.1. The normalized spacial score (nSPS) is 12.2. The number of hydrogen-bond acceptors (Lipinski definition) is 6. The highest BCUT2D eigenvalue weighted by atomic mass is 16.6. The number of ether oxygens (including phenoxy) is 3. The van der Waals surface area contributed by atoms with Gasteiger partial charge in [-0.1, -0.05) is 282 Å². The highest BCUT2D eigenvalue weighted by Gasteiger charge is 2.19. The number of esters is 3. The molecule has 6 nitrogen and oxygen atoms in total. The fourth-order valence-corrected chi connectivity index (χ4v) is 9.35. The zero-order valence-electron chi connectivity index (χ0n) is 47.8. The summed E-state index contributed by atoms with van der Waals surface area (Å²) in [5.74, 6) is -0.863. The first kappa shape index (κ1) is 68.6. The predicted octanol–water partition coefficient (Wildman–Crippen LogP) is 21.2. The number of hydrogen-bond donors (Lipinski definition) is 0. The Bertz CT molecular complexity index is 1190. The zero-order valence-corrected chi connectivity index (χ0v) is 47.8. The summed E-state index contributed by atoms with van der Waals surface area (Å²) in [6.07, 6.45) is 72.9. The molecule has 0 rings (SSSR count). The lowest BCUT2D eigenvalue weighted by Gasteiger charge is -2.18. The summed E-state index contributed by atoms with van der Waals surface area (Å²) >= 11 is 0. The molecule has 416 valence electrons. The van der Waals surface area contributed by atoms with Crippen molar-refractivity contribution in [1.29, 1.82) is 0 Å². The lowest BCUT2D eigenvalue weighted by atomic mass is 10.0. The molecular weight excluding hydrogens is 877 g/mol. The number of rotatable bonds is 58. The van der Waals surface area contributed by atoms with Gasteiger partial charge >= 0.3 is 17.9 Å². The van der Waals surface area contributed by atoms with E-state index in [4.69, 9.17) is 14.2 Å². The largest absolute Gasteiger partial charge is 0.462 e. The van der Waals surface area contributed by atoms with Gasteiger partial charge in [0.2, 0.25) is 0 Å². The SMILES string of the molecule is CCCCC/C=C\C/C=C\CCCCCCCCCCCC(=O)OC[C@H](COC(=O)CCCCCCC/C=C\CCCCCC)OC(=O)CCCCCCCCCCCCCCCCCCCCCCC. The van der Waals surface area contributed by atoms with Crippen molar-refractivity contribution in [1.82, 2.24) is 0 Å². The highest BCUT2D eigenvalue weighted by molar-refractivity contribution is 5.71. The van der Waals surface area contributed by atoms with Crippen molar-refractivity contribution >= 4 is 17.9 Å². The van der Waals surface area contributed by atoms with E-state index in [0.717, 1.165) is 70.6 Å². The van der Waals surface area contributed by atoms with Crippen LogP contribution in [0.15, 0.2) is 36.5 Å². The van der Waals surface area contributed by atoms with Crippen LogP contribution in [0, 0.1) is 0 Å². The van der Waals surface area contributed by atoms with Crippen molar-refractivity contribution in [2.75, 3.05) is 13.2 Å². The minimum absolute atomic E-state index is 0.0731. The van der Waals surface area contributed by atoms with Crippen molar-refractivity contribution < 1.29 is 28.6 Å². The maximum absolute atomic E-state index is 12.9. The standard InChI is InChI=1S/C65H120O6/c1-4-7-10-13-16-19-22-25-27-29-31-32-34-36-38-41-44-47-50-53-56-59-65(68)71-62(60-69-63(66)57-54-51-48-45-42-39-24-21-18-15-12-9-6-3)61-70-64(67)58-55-52-49-46-43-40-37-35-33-30-28-26-23-20-17-14-11-8-5-2/h17,20-21,24,26,28,62H,4-16,18-19,22-23,25,27,29-61H2,1-3H3/b20-17-,24-21-,28-26-/t62-/m0/s1. The van der Waals surface area contributed by atoms with Crippen LogP contribution < -0.4 is 0 Å². The molecule has 0 aliphatic rings. The molecule has 0 amide bonds. The molecule has 0 unspecified atom stereocenters. The van der Waals surface area contributed by atoms with Crippen LogP contribution in [0.3, 0.4) is 0 Å². The average Bonchev–Trinajstić information content (AvgIpc) is 3.37. The van der Waals surface area contributed by atoms with Gasteiger partial charge in [0.1, 0.15) is 13.2 Å². The van der Waals surface area contributed by atoms with Gasteiger partial charge in [-0.15, -0.1) is 0 Å². The summed E-state index contributed by atoms with van der Waals surface area (Å²) in [4.78, 5) is 38.3. The lowest BCUT2D eigenvalue weighted by Crippen LogP contribution is -2.30. The Balaban J connectivity index is 4.30. The Kier molecular flexibility index (Phi) is 58.2. The second-order valence-corrected chi connectivity index (χ2v) is 21.3. The molecule has 0 bridgehead atoms. The van der Waals surface area contributed by atoms with Crippen molar-refractivity contribution in [3.8, 4) is 0 Å². The molecule has 0 aliphatic heterocycles. The van der Waals surface area contributed by atoms with E-state index in [9.17, 15) is 14.4 Å². The van der Waals surface area contributed by atoms with Gasteiger partial charge in [-0.25, -0.2) is 0 Å². The summed E-state index contributed by atoms with van der Waals surface area (Å²) in [5, 5.41) is 0. The molecule has 0 N–H and O–H groups in total. The molecule has 1 atom stereocenters. The van der Waals surface area contributed by atoms with Crippen molar-refractivity contribution in [3.63, 3.8) is 0 Å². The average molecular weight is 998 g/mol. The van der Waals surface area contributed by atoms with Crippen LogP contribution in [0.5, 0.6) is 0 Å². The van der Waals surface area contributed by atoms with Crippen LogP contribution in [0.2, 0.25) is 0 Å². The van der Waals surface area contributed by atoms with E-state index in [2.05, 4.69) is 57.2 Å². The van der Waals surface area contributed by atoms with Crippen LogP contribution in [0.25, 0.3) is 0 Å². The third kappa shape index (κ3) is 58.4. The summed E-state index contributed by atoms with van der Waals surface area (Å²) < 4.78 is 16.9.